The highest BCUT2D eigenvalue weighted by atomic mass is 32.2. The second-order valence-electron chi connectivity index (χ2n) is 10.2. The van der Waals surface area contributed by atoms with E-state index in [1.165, 1.54) is 30.3 Å². The van der Waals surface area contributed by atoms with E-state index in [0.29, 0.717) is 25.6 Å². The average molecular weight is 637 g/mol. The Morgan fingerprint density at radius 3 is 2.28 bits per heavy atom. The number of sulfonamides is 1. The monoisotopic (exact) mass is 636 g/mol. The lowest BCUT2D eigenvalue weighted by atomic mass is 9.93. The van der Waals surface area contributed by atoms with E-state index < -0.39 is 48.9 Å². The summed E-state index contributed by atoms with van der Waals surface area (Å²) in [7, 11) is -7.93. The molecule has 0 saturated carbocycles. The smallest absolute Gasteiger partial charge is 0.416 e. The predicted octanol–water partition coefficient (Wildman–Crippen LogP) is 5.48. The van der Waals surface area contributed by atoms with Gasteiger partial charge in [-0.05, 0) is 79.3 Å². The average Bonchev–Trinajstić information content (AvgIpc) is 2.97. The van der Waals surface area contributed by atoms with Gasteiger partial charge in [0.1, 0.15) is 0 Å². The molecule has 1 heterocycles. The Bertz CT molecular complexity index is 1680. The number of nitrogens with zero attached hydrogens (tertiary/aromatic N) is 1. The lowest BCUT2D eigenvalue weighted by Gasteiger charge is -2.33. The van der Waals surface area contributed by atoms with Crippen molar-refractivity contribution in [3.05, 3.63) is 95.6 Å². The van der Waals surface area contributed by atoms with Crippen LogP contribution in [0.3, 0.4) is 0 Å². The van der Waals surface area contributed by atoms with Crippen molar-refractivity contribution in [2.45, 2.75) is 35.2 Å². The van der Waals surface area contributed by atoms with Crippen molar-refractivity contribution in [3.8, 4) is 0 Å². The summed E-state index contributed by atoms with van der Waals surface area (Å²) in [4.78, 5) is 12.9. The first kappa shape index (κ1) is 32.2. The third-order valence-corrected chi connectivity index (χ3v) is 10.3. The molecule has 1 aliphatic rings. The number of piperidine rings is 1. The SMILES string of the molecule is O=C(O)c1cccc(N2CCC(CCNS(=O)(=O)CC=Cc3cc(S(=O)(=O)c4ccccc4)ccc3C(F)(F)F)CC2)c1. The van der Waals surface area contributed by atoms with Crippen molar-refractivity contribution in [2.75, 3.05) is 30.3 Å². The third-order valence-electron chi connectivity index (χ3n) is 7.25. The first-order valence-corrected chi connectivity index (χ1v) is 16.6. The van der Waals surface area contributed by atoms with Crippen molar-refractivity contribution >= 4 is 37.6 Å². The fraction of sp³-hybridized carbons (Fsp3) is 0.300. The van der Waals surface area contributed by atoms with Gasteiger partial charge >= 0.3 is 12.1 Å². The highest BCUT2D eigenvalue weighted by Crippen LogP contribution is 2.35. The summed E-state index contributed by atoms with van der Waals surface area (Å²) in [5.74, 6) is -1.33. The molecule has 3 aromatic rings. The summed E-state index contributed by atoms with van der Waals surface area (Å²) in [5, 5.41) is 9.20. The highest BCUT2D eigenvalue weighted by Gasteiger charge is 2.33. The number of hydrogen-bond donors (Lipinski definition) is 2. The third kappa shape index (κ3) is 8.46. The first-order chi connectivity index (χ1) is 20.3. The second kappa shape index (κ2) is 13.3. The van der Waals surface area contributed by atoms with Crippen LogP contribution in [-0.2, 0) is 26.0 Å². The summed E-state index contributed by atoms with van der Waals surface area (Å²) >= 11 is 0. The number of aromatic carboxylic acids is 1. The van der Waals surface area contributed by atoms with Crippen LogP contribution in [-0.4, -0.2) is 53.3 Å². The van der Waals surface area contributed by atoms with Gasteiger partial charge in [-0.15, -0.1) is 0 Å². The van der Waals surface area contributed by atoms with Gasteiger partial charge < -0.3 is 10.0 Å². The number of halogens is 3. The van der Waals surface area contributed by atoms with Gasteiger partial charge in [-0.2, -0.15) is 13.2 Å². The van der Waals surface area contributed by atoms with Crippen molar-refractivity contribution in [2.24, 2.45) is 5.92 Å². The molecule has 2 N–H and O–H groups in total. The number of sulfone groups is 1. The molecule has 0 unspecified atom stereocenters. The molecule has 3 aromatic carbocycles. The molecular formula is C30H31F3N2O6S2. The van der Waals surface area contributed by atoms with Gasteiger partial charge in [-0.1, -0.05) is 36.4 Å². The quantitative estimate of drug-likeness (QED) is 0.286. The van der Waals surface area contributed by atoms with E-state index >= 15 is 0 Å². The van der Waals surface area contributed by atoms with Crippen LogP contribution >= 0.6 is 0 Å². The van der Waals surface area contributed by atoms with Gasteiger partial charge in [-0.3, -0.25) is 0 Å². The molecule has 1 aliphatic heterocycles. The van der Waals surface area contributed by atoms with E-state index in [1.807, 2.05) is 6.07 Å². The number of alkyl halides is 3. The van der Waals surface area contributed by atoms with Gasteiger partial charge in [-0.25, -0.2) is 26.4 Å². The number of carboxylic acid groups (broad SMARTS) is 1. The Morgan fingerprint density at radius 1 is 0.930 bits per heavy atom. The van der Waals surface area contributed by atoms with E-state index in [9.17, 15) is 39.9 Å². The Balaban J connectivity index is 1.34. The van der Waals surface area contributed by atoms with Gasteiger partial charge in [0, 0.05) is 25.3 Å². The van der Waals surface area contributed by atoms with Gasteiger partial charge in [0.25, 0.3) is 0 Å². The molecular weight excluding hydrogens is 605 g/mol. The highest BCUT2D eigenvalue weighted by molar-refractivity contribution is 7.91. The summed E-state index contributed by atoms with van der Waals surface area (Å²) < 4.78 is 94.3. The van der Waals surface area contributed by atoms with Crippen molar-refractivity contribution in [3.63, 3.8) is 0 Å². The fourth-order valence-electron chi connectivity index (χ4n) is 4.93. The molecule has 8 nitrogen and oxygen atoms in total. The number of benzene rings is 3. The maximum Gasteiger partial charge on any atom is 0.416 e. The normalized spacial score (nSPS) is 15.2. The van der Waals surface area contributed by atoms with Gasteiger partial charge in [0.05, 0.1) is 26.7 Å². The van der Waals surface area contributed by atoms with Crippen LogP contribution in [0.4, 0.5) is 18.9 Å². The molecule has 0 aliphatic carbocycles. The molecule has 0 radical (unpaired) electrons. The van der Waals surface area contributed by atoms with Crippen LogP contribution in [0.5, 0.6) is 0 Å². The standard InChI is InChI=1S/C30H31F3N2O6S2/c31-30(32,33)28-12-11-27(43(40,41)26-9-2-1-3-10-26)21-23(28)7-5-19-42(38,39)34-16-13-22-14-17-35(18-15-22)25-8-4-6-24(20-25)29(36)37/h1-12,20-22,34H,13-19H2,(H,36,37). The predicted molar refractivity (Wildman–Crippen MR) is 157 cm³/mol. The summed E-state index contributed by atoms with van der Waals surface area (Å²) in [5.41, 5.74) is -0.507. The largest absolute Gasteiger partial charge is 0.478 e. The Kier molecular flexibility index (Phi) is 9.98. The molecule has 230 valence electrons. The number of carboxylic acids is 1. The fourth-order valence-corrected chi connectivity index (χ4v) is 7.15. The molecule has 0 spiro atoms. The van der Waals surface area contributed by atoms with Crippen molar-refractivity contribution < 1.29 is 39.9 Å². The molecule has 0 bridgehead atoms. The zero-order valence-corrected chi connectivity index (χ0v) is 24.6. The lowest BCUT2D eigenvalue weighted by Crippen LogP contribution is -2.35. The summed E-state index contributed by atoms with van der Waals surface area (Å²) in [6, 6.07) is 16.5. The molecule has 1 saturated heterocycles. The van der Waals surface area contributed by atoms with E-state index in [2.05, 4.69) is 9.62 Å². The number of carbonyl (C=O) groups is 1. The molecule has 0 aromatic heterocycles. The molecule has 1 fully saturated rings. The summed E-state index contributed by atoms with van der Waals surface area (Å²) in [6.45, 7) is 1.56. The van der Waals surface area contributed by atoms with Crippen LogP contribution < -0.4 is 9.62 Å². The van der Waals surface area contributed by atoms with Crippen LogP contribution in [0.1, 0.15) is 40.7 Å². The number of nitrogens with one attached hydrogen (secondary N) is 1. The Hall–Kier alpha value is -3.68. The molecule has 4 rings (SSSR count). The van der Waals surface area contributed by atoms with Gasteiger partial charge in [0.2, 0.25) is 19.9 Å². The Morgan fingerprint density at radius 2 is 1.63 bits per heavy atom. The van der Waals surface area contributed by atoms with E-state index in [0.717, 1.165) is 42.8 Å². The number of rotatable bonds is 11. The van der Waals surface area contributed by atoms with Crippen LogP contribution in [0.15, 0.2) is 88.7 Å². The summed E-state index contributed by atoms with van der Waals surface area (Å²) in [6.07, 6.45) is -0.580. The van der Waals surface area contributed by atoms with E-state index in [4.69, 9.17) is 0 Å². The van der Waals surface area contributed by atoms with Crippen molar-refractivity contribution in [1.29, 1.82) is 0 Å². The molecule has 0 amide bonds. The van der Waals surface area contributed by atoms with E-state index in [1.54, 1.807) is 18.2 Å². The van der Waals surface area contributed by atoms with E-state index in [-0.39, 0.29) is 27.8 Å². The number of anilines is 1. The molecule has 43 heavy (non-hydrogen) atoms. The van der Waals surface area contributed by atoms with Gasteiger partial charge in [0.15, 0.2) is 0 Å². The maximum absolute atomic E-state index is 13.6. The maximum atomic E-state index is 13.6. The van der Waals surface area contributed by atoms with Crippen molar-refractivity contribution in [1.82, 2.24) is 4.72 Å². The zero-order chi connectivity index (χ0) is 31.3. The number of hydrogen-bond acceptors (Lipinski definition) is 6. The lowest BCUT2D eigenvalue weighted by molar-refractivity contribution is -0.137. The van der Waals surface area contributed by atoms with Crippen LogP contribution in [0.2, 0.25) is 0 Å². The minimum absolute atomic E-state index is 0.0745. The topological polar surface area (TPSA) is 121 Å². The first-order valence-electron chi connectivity index (χ1n) is 13.5. The van der Waals surface area contributed by atoms with Crippen LogP contribution in [0, 0.1) is 5.92 Å². The zero-order valence-electron chi connectivity index (χ0n) is 23.0. The molecule has 13 heteroatoms. The second-order valence-corrected chi connectivity index (χ2v) is 14.0. The minimum Gasteiger partial charge on any atom is -0.478 e. The molecule has 0 atom stereocenters. The minimum atomic E-state index is -4.78. The van der Waals surface area contributed by atoms with Crippen LogP contribution in [0.25, 0.3) is 6.08 Å². The Labute approximate surface area is 248 Å².